The van der Waals surface area contributed by atoms with Crippen LogP contribution in [0.1, 0.15) is 32.3 Å². The number of rotatable bonds is 10. The SMILES string of the molecule is CC(NC(=O)C(NC(=O)C(Cc1c[nH]c2ccccc12)NC(=O)C1CCCN1)C(C)O)C(=O)O. The number of amides is 3. The number of aromatic amines is 1. The van der Waals surface area contributed by atoms with Crippen LogP contribution in [0.3, 0.4) is 0 Å². The van der Waals surface area contributed by atoms with Crippen molar-refractivity contribution in [2.75, 3.05) is 6.54 Å². The van der Waals surface area contributed by atoms with Crippen LogP contribution < -0.4 is 21.3 Å². The predicted octanol–water partition coefficient (Wildman–Crippen LogP) is -0.598. The van der Waals surface area contributed by atoms with E-state index in [2.05, 4.69) is 26.3 Å². The van der Waals surface area contributed by atoms with Gasteiger partial charge >= 0.3 is 5.97 Å². The summed E-state index contributed by atoms with van der Waals surface area (Å²) in [5.74, 6) is -3.08. The number of H-pyrrole nitrogens is 1. The zero-order chi connectivity index (χ0) is 24.8. The molecule has 0 radical (unpaired) electrons. The van der Waals surface area contributed by atoms with Crippen LogP contribution in [-0.4, -0.2) is 75.7 Å². The second-order valence-electron chi connectivity index (χ2n) is 8.57. The minimum absolute atomic E-state index is 0.147. The molecule has 1 aromatic carbocycles. The second kappa shape index (κ2) is 11.1. The Kier molecular flexibility index (Phi) is 8.24. The van der Waals surface area contributed by atoms with Crippen molar-refractivity contribution in [3.8, 4) is 0 Å². The van der Waals surface area contributed by atoms with Crippen molar-refractivity contribution >= 4 is 34.6 Å². The van der Waals surface area contributed by atoms with Gasteiger partial charge in [0.05, 0.1) is 12.1 Å². The van der Waals surface area contributed by atoms with Gasteiger partial charge in [0, 0.05) is 23.5 Å². The van der Waals surface area contributed by atoms with Gasteiger partial charge in [0.25, 0.3) is 0 Å². The number of carboxylic acid groups (broad SMARTS) is 1. The molecule has 2 heterocycles. The van der Waals surface area contributed by atoms with Crippen LogP contribution in [0.4, 0.5) is 0 Å². The zero-order valence-electron chi connectivity index (χ0n) is 19.1. The highest BCUT2D eigenvalue weighted by molar-refractivity contribution is 5.95. The minimum atomic E-state index is -1.40. The number of benzene rings is 1. The fraction of sp³-hybridized carbons (Fsp3) is 0.478. The molecular formula is C23H31N5O6. The van der Waals surface area contributed by atoms with Crippen molar-refractivity contribution in [2.24, 2.45) is 0 Å². The van der Waals surface area contributed by atoms with E-state index in [0.29, 0.717) is 13.0 Å². The summed E-state index contributed by atoms with van der Waals surface area (Å²) in [6, 6.07) is 3.49. The van der Waals surface area contributed by atoms with Crippen LogP contribution in [0.25, 0.3) is 10.9 Å². The summed E-state index contributed by atoms with van der Waals surface area (Å²) >= 11 is 0. The maximum atomic E-state index is 13.2. The van der Waals surface area contributed by atoms with Crippen LogP contribution in [0.15, 0.2) is 30.5 Å². The van der Waals surface area contributed by atoms with Crippen molar-refractivity contribution < 1.29 is 29.4 Å². The molecular weight excluding hydrogens is 442 g/mol. The summed E-state index contributed by atoms with van der Waals surface area (Å²) in [5.41, 5.74) is 1.68. The number of para-hydroxylation sites is 1. The Morgan fingerprint density at radius 3 is 2.47 bits per heavy atom. The Morgan fingerprint density at radius 2 is 1.82 bits per heavy atom. The van der Waals surface area contributed by atoms with E-state index in [1.165, 1.54) is 13.8 Å². The topological polar surface area (TPSA) is 173 Å². The molecule has 11 heteroatoms. The van der Waals surface area contributed by atoms with E-state index in [4.69, 9.17) is 5.11 Å². The molecule has 3 rings (SSSR count). The number of aromatic nitrogens is 1. The van der Waals surface area contributed by atoms with Crippen molar-refractivity contribution in [1.29, 1.82) is 0 Å². The number of fused-ring (bicyclic) bond motifs is 1. The third-order valence-electron chi connectivity index (χ3n) is 5.90. The fourth-order valence-corrected chi connectivity index (χ4v) is 3.93. The molecule has 184 valence electrons. The number of aliphatic hydroxyl groups excluding tert-OH is 1. The summed E-state index contributed by atoms with van der Waals surface area (Å²) in [6.45, 7) is 3.30. The Hall–Kier alpha value is -3.44. The normalized spacial score (nSPS) is 19.1. The third kappa shape index (κ3) is 6.12. The van der Waals surface area contributed by atoms with Crippen LogP contribution in [-0.2, 0) is 25.6 Å². The lowest BCUT2D eigenvalue weighted by atomic mass is 10.0. The van der Waals surface area contributed by atoms with Gasteiger partial charge in [-0.15, -0.1) is 0 Å². The van der Waals surface area contributed by atoms with Crippen molar-refractivity contribution in [2.45, 2.75) is 63.4 Å². The third-order valence-corrected chi connectivity index (χ3v) is 5.90. The van der Waals surface area contributed by atoms with E-state index in [0.717, 1.165) is 22.9 Å². The largest absolute Gasteiger partial charge is 0.480 e. The number of aliphatic carboxylic acids is 1. The van der Waals surface area contributed by atoms with Crippen LogP contribution in [0.2, 0.25) is 0 Å². The molecule has 1 aliphatic rings. The van der Waals surface area contributed by atoms with Gasteiger partial charge in [0.1, 0.15) is 18.1 Å². The number of carbonyl (C=O) groups is 4. The van der Waals surface area contributed by atoms with Gasteiger partial charge in [-0.05, 0) is 44.9 Å². The molecule has 1 fully saturated rings. The fourth-order valence-electron chi connectivity index (χ4n) is 3.93. The zero-order valence-corrected chi connectivity index (χ0v) is 19.1. The molecule has 0 saturated carbocycles. The Balaban J connectivity index is 1.80. The number of carbonyl (C=O) groups excluding carboxylic acids is 3. The quantitative estimate of drug-likeness (QED) is 0.241. The molecule has 0 spiro atoms. The van der Waals surface area contributed by atoms with E-state index in [1.54, 1.807) is 6.20 Å². The maximum absolute atomic E-state index is 13.2. The van der Waals surface area contributed by atoms with Crippen LogP contribution in [0.5, 0.6) is 0 Å². The molecule has 1 aromatic heterocycles. The average Bonchev–Trinajstić information content (AvgIpc) is 3.47. The highest BCUT2D eigenvalue weighted by atomic mass is 16.4. The first-order valence-corrected chi connectivity index (χ1v) is 11.3. The minimum Gasteiger partial charge on any atom is -0.480 e. The van der Waals surface area contributed by atoms with E-state index in [9.17, 15) is 24.3 Å². The van der Waals surface area contributed by atoms with Gasteiger partial charge in [-0.2, -0.15) is 0 Å². The summed E-state index contributed by atoms with van der Waals surface area (Å²) in [4.78, 5) is 52.7. The van der Waals surface area contributed by atoms with Gasteiger partial charge in [0.2, 0.25) is 17.7 Å². The number of carboxylic acids is 1. The first-order valence-electron chi connectivity index (χ1n) is 11.3. The van der Waals surface area contributed by atoms with Crippen LogP contribution in [0, 0.1) is 0 Å². The molecule has 5 unspecified atom stereocenters. The molecule has 1 saturated heterocycles. The lowest BCUT2D eigenvalue weighted by Gasteiger charge is -2.26. The standard InChI is InChI=1S/C23H31N5O6/c1-12(23(33)34)26-22(32)19(13(2)29)28-21(31)18(27-20(30)17-8-5-9-24-17)10-14-11-25-16-7-4-3-6-15(14)16/h3-4,6-7,11-13,17-19,24-25,29H,5,8-10H2,1-2H3,(H,26,32)(H,27,30)(H,28,31)(H,33,34). The molecule has 3 amide bonds. The lowest BCUT2D eigenvalue weighted by molar-refractivity contribution is -0.142. The molecule has 0 aliphatic carbocycles. The van der Waals surface area contributed by atoms with Crippen LogP contribution >= 0.6 is 0 Å². The molecule has 34 heavy (non-hydrogen) atoms. The number of hydrogen-bond acceptors (Lipinski definition) is 6. The Labute approximate surface area is 196 Å². The first-order chi connectivity index (χ1) is 16.2. The highest BCUT2D eigenvalue weighted by Crippen LogP contribution is 2.19. The summed E-state index contributed by atoms with van der Waals surface area (Å²) in [5, 5.41) is 30.6. The monoisotopic (exact) mass is 473 g/mol. The van der Waals surface area contributed by atoms with Crippen molar-refractivity contribution in [3.63, 3.8) is 0 Å². The van der Waals surface area contributed by atoms with Gasteiger partial charge in [0.15, 0.2) is 0 Å². The highest BCUT2D eigenvalue weighted by Gasteiger charge is 2.33. The average molecular weight is 474 g/mol. The number of hydrogen-bond donors (Lipinski definition) is 7. The summed E-state index contributed by atoms with van der Waals surface area (Å²) < 4.78 is 0. The maximum Gasteiger partial charge on any atom is 0.325 e. The van der Waals surface area contributed by atoms with E-state index < -0.39 is 48.1 Å². The first kappa shape index (κ1) is 25.2. The van der Waals surface area contributed by atoms with E-state index >= 15 is 0 Å². The molecule has 11 nitrogen and oxygen atoms in total. The Bertz CT molecular complexity index is 1050. The lowest BCUT2D eigenvalue weighted by Crippen LogP contribution is -2.60. The van der Waals surface area contributed by atoms with Crippen molar-refractivity contribution in [1.82, 2.24) is 26.3 Å². The summed E-state index contributed by atoms with van der Waals surface area (Å²) in [7, 11) is 0. The molecule has 5 atom stereocenters. The molecule has 0 bridgehead atoms. The molecule has 1 aliphatic heterocycles. The van der Waals surface area contributed by atoms with E-state index in [1.807, 2.05) is 24.3 Å². The number of aliphatic hydroxyl groups is 1. The smallest absolute Gasteiger partial charge is 0.325 e. The molecule has 7 N–H and O–H groups in total. The van der Waals surface area contributed by atoms with Gasteiger partial charge in [-0.3, -0.25) is 19.2 Å². The van der Waals surface area contributed by atoms with Crippen molar-refractivity contribution in [3.05, 3.63) is 36.0 Å². The van der Waals surface area contributed by atoms with Gasteiger partial charge in [-0.1, -0.05) is 18.2 Å². The number of nitrogens with one attached hydrogen (secondary N) is 5. The van der Waals surface area contributed by atoms with E-state index in [-0.39, 0.29) is 12.3 Å². The summed E-state index contributed by atoms with van der Waals surface area (Å²) in [6.07, 6.45) is 2.11. The Morgan fingerprint density at radius 1 is 1.09 bits per heavy atom. The second-order valence-corrected chi connectivity index (χ2v) is 8.57. The van der Waals surface area contributed by atoms with Gasteiger partial charge < -0.3 is 36.5 Å². The van der Waals surface area contributed by atoms with Gasteiger partial charge in [-0.25, -0.2) is 0 Å². The molecule has 2 aromatic rings. The predicted molar refractivity (Wildman–Crippen MR) is 124 cm³/mol.